The molecule has 5 nitrogen and oxygen atoms in total. The van der Waals surface area contributed by atoms with E-state index in [9.17, 15) is 0 Å². The molecule has 2 atom stereocenters. The number of fused-ring (bicyclic) bond motifs is 2. The lowest BCUT2D eigenvalue weighted by molar-refractivity contribution is -0.00974. The standard InChI is InChI=1S/C30H33N3O2/c1-2-9-23(10-3-1)30-29(34-27-14-6-7-15-28(27)35-30)22-33-19-17-32(18-20-33)16-8-11-24-21-31-26-13-5-4-12-25(24)26/h1-7,9-10,12-15,21,29-31H,8,11,16-20,22H2. The number of para-hydroxylation sites is 3. The lowest BCUT2D eigenvalue weighted by atomic mass is 10.0. The van der Waals surface area contributed by atoms with Gasteiger partial charge in [-0.05, 0) is 48.7 Å². The van der Waals surface area contributed by atoms with E-state index < -0.39 is 0 Å². The summed E-state index contributed by atoms with van der Waals surface area (Å²) in [5.74, 6) is 1.68. The largest absolute Gasteiger partial charge is 0.481 e. The molecule has 0 saturated carbocycles. The van der Waals surface area contributed by atoms with Crippen LogP contribution in [0.2, 0.25) is 0 Å². The maximum Gasteiger partial charge on any atom is 0.162 e. The molecule has 1 N–H and O–H groups in total. The molecule has 2 aliphatic heterocycles. The summed E-state index contributed by atoms with van der Waals surface area (Å²) in [4.78, 5) is 8.54. The van der Waals surface area contributed by atoms with Crippen LogP contribution in [0.1, 0.15) is 23.7 Å². The molecule has 0 spiro atoms. The summed E-state index contributed by atoms with van der Waals surface area (Å²) >= 11 is 0. The molecule has 3 heterocycles. The molecule has 0 amide bonds. The number of aryl methyl sites for hydroxylation is 1. The van der Waals surface area contributed by atoms with E-state index in [2.05, 4.69) is 69.5 Å². The Bertz CT molecular complexity index is 1250. The molecular weight excluding hydrogens is 434 g/mol. The number of hydrogen-bond donors (Lipinski definition) is 1. The van der Waals surface area contributed by atoms with Gasteiger partial charge in [0.15, 0.2) is 23.7 Å². The molecule has 5 heteroatoms. The van der Waals surface area contributed by atoms with Crippen LogP contribution in [0.3, 0.4) is 0 Å². The molecule has 4 aromatic rings. The number of piperazine rings is 1. The maximum atomic E-state index is 6.49. The van der Waals surface area contributed by atoms with Gasteiger partial charge in [0.25, 0.3) is 0 Å². The molecule has 0 aliphatic carbocycles. The summed E-state index contributed by atoms with van der Waals surface area (Å²) < 4.78 is 12.9. The Hall–Kier alpha value is -3.28. The summed E-state index contributed by atoms with van der Waals surface area (Å²) in [5, 5.41) is 1.36. The van der Waals surface area contributed by atoms with Gasteiger partial charge in [-0.15, -0.1) is 0 Å². The Morgan fingerprint density at radius 3 is 2.26 bits per heavy atom. The van der Waals surface area contributed by atoms with Crippen LogP contribution in [0.25, 0.3) is 10.9 Å². The van der Waals surface area contributed by atoms with E-state index in [1.54, 1.807) is 0 Å². The van der Waals surface area contributed by atoms with E-state index in [-0.39, 0.29) is 12.2 Å². The van der Waals surface area contributed by atoms with Crippen molar-refractivity contribution in [2.75, 3.05) is 39.3 Å². The SMILES string of the molecule is c1ccc(C2Oc3ccccc3OC2CN2CCN(CCCc3c[nH]c4ccccc34)CC2)cc1. The van der Waals surface area contributed by atoms with Crippen molar-refractivity contribution in [2.45, 2.75) is 25.0 Å². The first-order valence-corrected chi connectivity index (χ1v) is 12.8. The second kappa shape index (κ2) is 10.1. The fraction of sp³-hybridized carbons (Fsp3) is 0.333. The summed E-state index contributed by atoms with van der Waals surface area (Å²) in [7, 11) is 0. The fourth-order valence-electron chi connectivity index (χ4n) is 5.42. The number of aromatic amines is 1. The van der Waals surface area contributed by atoms with Crippen molar-refractivity contribution >= 4 is 10.9 Å². The van der Waals surface area contributed by atoms with E-state index >= 15 is 0 Å². The van der Waals surface area contributed by atoms with Crippen LogP contribution in [0, 0.1) is 0 Å². The molecule has 180 valence electrons. The average Bonchev–Trinajstić information content (AvgIpc) is 3.33. The van der Waals surface area contributed by atoms with Gasteiger partial charge >= 0.3 is 0 Å². The summed E-state index contributed by atoms with van der Waals surface area (Å²) in [6.07, 6.45) is 4.36. The van der Waals surface area contributed by atoms with Crippen LogP contribution in [-0.2, 0) is 6.42 Å². The first kappa shape index (κ1) is 22.2. The van der Waals surface area contributed by atoms with Gasteiger partial charge < -0.3 is 19.4 Å². The van der Waals surface area contributed by atoms with Gasteiger partial charge in [0.2, 0.25) is 0 Å². The minimum atomic E-state index is -0.0969. The Morgan fingerprint density at radius 2 is 1.43 bits per heavy atom. The lowest BCUT2D eigenvalue weighted by Gasteiger charge is -2.40. The molecule has 0 bridgehead atoms. The number of aromatic nitrogens is 1. The Morgan fingerprint density at radius 1 is 0.743 bits per heavy atom. The van der Waals surface area contributed by atoms with Crippen LogP contribution >= 0.6 is 0 Å². The summed E-state index contributed by atoms with van der Waals surface area (Å²) in [6.45, 7) is 6.36. The zero-order valence-electron chi connectivity index (χ0n) is 20.1. The highest BCUT2D eigenvalue weighted by atomic mass is 16.6. The van der Waals surface area contributed by atoms with Gasteiger partial charge in [0.05, 0.1) is 0 Å². The molecule has 1 aromatic heterocycles. The smallest absolute Gasteiger partial charge is 0.162 e. The molecule has 1 saturated heterocycles. The topological polar surface area (TPSA) is 40.7 Å². The van der Waals surface area contributed by atoms with E-state index in [1.807, 2.05) is 30.3 Å². The summed E-state index contributed by atoms with van der Waals surface area (Å²) in [5.41, 5.74) is 3.84. The van der Waals surface area contributed by atoms with Gasteiger partial charge in [-0.3, -0.25) is 4.90 Å². The highest BCUT2D eigenvalue weighted by Gasteiger charge is 2.34. The van der Waals surface area contributed by atoms with Gasteiger partial charge in [0, 0.05) is 49.8 Å². The quantitative estimate of drug-likeness (QED) is 0.401. The molecule has 3 aromatic carbocycles. The molecule has 0 radical (unpaired) electrons. The summed E-state index contributed by atoms with van der Waals surface area (Å²) in [6, 6.07) is 27.1. The minimum Gasteiger partial charge on any atom is -0.481 e. The zero-order chi connectivity index (χ0) is 23.5. The molecule has 2 aliphatic rings. The predicted octanol–water partition coefficient (Wildman–Crippen LogP) is 5.30. The van der Waals surface area contributed by atoms with Gasteiger partial charge in [0.1, 0.15) is 0 Å². The van der Waals surface area contributed by atoms with Crippen molar-refractivity contribution in [2.24, 2.45) is 0 Å². The van der Waals surface area contributed by atoms with Crippen molar-refractivity contribution in [3.05, 3.63) is 96.2 Å². The number of nitrogens with one attached hydrogen (secondary N) is 1. The normalized spacial score (nSPS) is 20.8. The Labute approximate surface area is 207 Å². The number of H-pyrrole nitrogens is 1. The third kappa shape index (κ3) is 4.93. The van der Waals surface area contributed by atoms with E-state index in [1.165, 1.54) is 28.5 Å². The predicted molar refractivity (Wildman–Crippen MR) is 140 cm³/mol. The van der Waals surface area contributed by atoms with Crippen molar-refractivity contribution in [3.63, 3.8) is 0 Å². The second-order valence-electron chi connectivity index (χ2n) is 9.66. The van der Waals surface area contributed by atoms with E-state index in [4.69, 9.17) is 9.47 Å². The van der Waals surface area contributed by atoms with Gasteiger partial charge in [-0.25, -0.2) is 0 Å². The zero-order valence-corrected chi connectivity index (χ0v) is 20.1. The van der Waals surface area contributed by atoms with Crippen LogP contribution in [0.5, 0.6) is 11.5 Å². The third-order valence-corrected chi connectivity index (χ3v) is 7.35. The maximum absolute atomic E-state index is 6.49. The second-order valence-corrected chi connectivity index (χ2v) is 9.66. The monoisotopic (exact) mass is 467 g/mol. The van der Waals surface area contributed by atoms with Crippen LogP contribution in [0.15, 0.2) is 85.1 Å². The molecule has 2 unspecified atom stereocenters. The van der Waals surface area contributed by atoms with E-state index in [0.29, 0.717) is 0 Å². The number of nitrogens with zero attached hydrogens (tertiary/aromatic N) is 2. The Kier molecular flexibility index (Phi) is 6.43. The first-order valence-electron chi connectivity index (χ1n) is 12.8. The highest BCUT2D eigenvalue weighted by Crippen LogP contribution is 2.39. The molecule has 6 rings (SSSR count). The van der Waals surface area contributed by atoms with Crippen molar-refractivity contribution in [3.8, 4) is 11.5 Å². The highest BCUT2D eigenvalue weighted by molar-refractivity contribution is 5.83. The number of benzene rings is 3. The molecule has 35 heavy (non-hydrogen) atoms. The number of hydrogen-bond acceptors (Lipinski definition) is 4. The fourth-order valence-corrected chi connectivity index (χ4v) is 5.42. The number of rotatable bonds is 7. The van der Waals surface area contributed by atoms with Crippen LogP contribution in [0.4, 0.5) is 0 Å². The molecular formula is C30H33N3O2. The van der Waals surface area contributed by atoms with Crippen molar-refractivity contribution < 1.29 is 9.47 Å². The van der Waals surface area contributed by atoms with Crippen LogP contribution in [-0.4, -0.2) is 60.2 Å². The first-order chi connectivity index (χ1) is 17.3. The van der Waals surface area contributed by atoms with Gasteiger partial charge in [-0.2, -0.15) is 0 Å². The number of ether oxygens (including phenoxy) is 2. The van der Waals surface area contributed by atoms with E-state index in [0.717, 1.165) is 57.2 Å². The molecule has 1 fully saturated rings. The minimum absolute atomic E-state index is 0.0271. The van der Waals surface area contributed by atoms with Crippen molar-refractivity contribution in [1.82, 2.24) is 14.8 Å². The average molecular weight is 468 g/mol. The van der Waals surface area contributed by atoms with Crippen LogP contribution < -0.4 is 9.47 Å². The van der Waals surface area contributed by atoms with Crippen molar-refractivity contribution in [1.29, 1.82) is 0 Å². The Balaban J connectivity index is 1.03. The lowest BCUT2D eigenvalue weighted by Crippen LogP contribution is -2.51. The van der Waals surface area contributed by atoms with Gasteiger partial charge in [-0.1, -0.05) is 60.7 Å². The third-order valence-electron chi connectivity index (χ3n) is 7.35.